The van der Waals surface area contributed by atoms with E-state index in [1.54, 1.807) is 6.07 Å². The standard InChI is InChI=1S/C6H7O3P.Fe/c7-10(8,9)6-4-2-1-3-5-6;/h1-5H,(H2,7,8,9);/q;+2/p-2. The van der Waals surface area contributed by atoms with Gasteiger partial charge in [0.15, 0.2) is 0 Å². The minimum atomic E-state index is -4.52. The minimum Gasteiger partial charge on any atom is -0.807 e. The maximum absolute atomic E-state index is 10.3. The van der Waals surface area contributed by atoms with Crippen molar-refractivity contribution in [3.05, 3.63) is 30.3 Å². The number of hydrogen-bond donors (Lipinski definition) is 0. The molecule has 0 saturated heterocycles. The molecule has 3 nitrogen and oxygen atoms in total. The predicted octanol–water partition coefficient (Wildman–Crippen LogP) is -0.777. The number of hydrogen-bond acceptors (Lipinski definition) is 3. The van der Waals surface area contributed by atoms with Gasteiger partial charge < -0.3 is 14.4 Å². The summed E-state index contributed by atoms with van der Waals surface area (Å²) in [6.07, 6.45) is 0. The van der Waals surface area contributed by atoms with Gasteiger partial charge in [-0.05, 0) is 12.9 Å². The van der Waals surface area contributed by atoms with E-state index in [0.717, 1.165) is 0 Å². The van der Waals surface area contributed by atoms with Gasteiger partial charge in [-0.25, -0.2) is 0 Å². The van der Waals surface area contributed by atoms with E-state index < -0.39 is 7.60 Å². The molecule has 0 aromatic heterocycles. The molecule has 0 spiro atoms. The molecule has 0 bridgehead atoms. The third kappa shape index (κ3) is 3.19. The van der Waals surface area contributed by atoms with E-state index >= 15 is 0 Å². The fourth-order valence-corrected chi connectivity index (χ4v) is 1.15. The van der Waals surface area contributed by atoms with Crippen LogP contribution >= 0.6 is 7.60 Å². The van der Waals surface area contributed by atoms with Crippen LogP contribution in [0.15, 0.2) is 30.3 Å². The predicted molar refractivity (Wildman–Crippen MR) is 33.7 cm³/mol. The summed E-state index contributed by atoms with van der Waals surface area (Å²) in [5.41, 5.74) is 0. The minimum absolute atomic E-state index is 0. The Morgan fingerprint density at radius 3 is 1.82 bits per heavy atom. The molecule has 5 heteroatoms. The zero-order chi connectivity index (χ0) is 7.61. The Morgan fingerprint density at radius 2 is 1.55 bits per heavy atom. The topological polar surface area (TPSA) is 63.2 Å². The van der Waals surface area contributed by atoms with Crippen molar-refractivity contribution in [1.82, 2.24) is 0 Å². The van der Waals surface area contributed by atoms with Gasteiger partial charge in [0.05, 0.1) is 0 Å². The molecular weight excluding hydrogens is 207 g/mol. The van der Waals surface area contributed by atoms with Crippen molar-refractivity contribution >= 4 is 12.9 Å². The molecule has 0 atom stereocenters. The second-order valence-corrected chi connectivity index (χ2v) is 3.34. The molecule has 0 unspecified atom stereocenters. The summed E-state index contributed by atoms with van der Waals surface area (Å²) in [6, 6.07) is 7.23. The van der Waals surface area contributed by atoms with E-state index in [9.17, 15) is 14.4 Å². The van der Waals surface area contributed by atoms with E-state index in [1.807, 2.05) is 0 Å². The van der Waals surface area contributed by atoms with E-state index in [4.69, 9.17) is 0 Å². The summed E-state index contributed by atoms with van der Waals surface area (Å²) in [5, 5.41) is -0.157. The van der Waals surface area contributed by atoms with Gasteiger partial charge >= 0.3 is 17.1 Å². The van der Waals surface area contributed by atoms with Crippen LogP contribution in [0.5, 0.6) is 0 Å². The zero-order valence-electron chi connectivity index (χ0n) is 5.41. The molecular formula is C6H5FeO3P. The summed E-state index contributed by atoms with van der Waals surface area (Å²) < 4.78 is 10.3. The first-order valence-electron chi connectivity index (χ1n) is 2.68. The van der Waals surface area contributed by atoms with Crippen LogP contribution in [0.4, 0.5) is 0 Å². The fraction of sp³-hybridized carbons (Fsp3) is 0. The van der Waals surface area contributed by atoms with Crippen LogP contribution in [0.3, 0.4) is 0 Å². The Balaban J connectivity index is 0.000001000. The molecule has 1 rings (SSSR count). The first-order chi connectivity index (χ1) is 4.61. The Bertz CT molecular complexity index is 256. The second kappa shape index (κ2) is 4.05. The van der Waals surface area contributed by atoms with Gasteiger partial charge in [-0.2, -0.15) is 0 Å². The van der Waals surface area contributed by atoms with E-state index in [-0.39, 0.29) is 22.4 Å². The molecule has 60 valence electrons. The average Bonchev–Trinajstić information content (AvgIpc) is 1.88. The van der Waals surface area contributed by atoms with Gasteiger partial charge in [0.2, 0.25) is 0 Å². The molecule has 1 aromatic rings. The van der Waals surface area contributed by atoms with Gasteiger partial charge in [0.25, 0.3) is 0 Å². The monoisotopic (exact) mass is 212 g/mol. The maximum atomic E-state index is 10.3. The third-order valence-corrected chi connectivity index (χ3v) is 2.00. The second-order valence-electron chi connectivity index (χ2n) is 1.83. The van der Waals surface area contributed by atoms with Crippen molar-refractivity contribution in [2.24, 2.45) is 0 Å². The maximum Gasteiger partial charge on any atom is 2.00 e. The van der Waals surface area contributed by atoms with Crippen molar-refractivity contribution in [1.29, 1.82) is 0 Å². The molecule has 0 N–H and O–H groups in total. The van der Waals surface area contributed by atoms with Crippen LogP contribution in [0, 0.1) is 0 Å². The molecule has 0 heterocycles. The average molecular weight is 212 g/mol. The molecule has 1 aromatic carbocycles. The molecule has 11 heavy (non-hydrogen) atoms. The van der Waals surface area contributed by atoms with Crippen molar-refractivity contribution in [3.63, 3.8) is 0 Å². The van der Waals surface area contributed by atoms with Gasteiger partial charge in [0, 0.05) is 0 Å². The van der Waals surface area contributed by atoms with Gasteiger partial charge in [0.1, 0.15) is 0 Å². The first-order valence-corrected chi connectivity index (χ1v) is 4.22. The third-order valence-electron chi connectivity index (χ3n) is 1.07. The smallest absolute Gasteiger partial charge is 0.807 e. The van der Waals surface area contributed by atoms with E-state index in [0.29, 0.717) is 0 Å². The molecule has 0 aliphatic rings. The molecule has 0 saturated carbocycles. The van der Waals surface area contributed by atoms with Crippen molar-refractivity contribution in [2.45, 2.75) is 0 Å². The van der Waals surface area contributed by atoms with Crippen LogP contribution in [-0.4, -0.2) is 0 Å². The Hall–Kier alpha value is -0.111. The molecule has 0 aliphatic heterocycles. The summed E-state index contributed by atoms with van der Waals surface area (Å²) in [5.74, 6) is 0. The number of rotatable bonds is 1. The summed E-state index contributed by atoms with van der Waals surface area (Å²) >= 11 is 0. The van der Waals surface area contributed by atoms with Crippen LogP contribution in [0.1, 0.15) is 0 Å². The summed E-state index contributed by atoms with van der Waals surface area (Å²) in [7, 11) is -4.52. The SMILES string of the molecule is O=P([O-])([O-])c1ccccc1.[Fe+2]. The summed E-state index contributed by atoms with van der Waals surface area (Å²) in [4.78, 5) is 20.6. The Morgan fingerprint density at radius 1 is 1.09 bits per heavy atom. The molecule has 0 aliphatic carbocycles. The van der Waals surface area contributed by atoms with Crippen LogP contribution in [0.2, 0.25) is 0 Å². The fourth-order valence-electron chi connectivity index (χ4n) is 0.611. The van der Waals surface area contributed by atoms with Crippen LogP contribution < -0.4 is 15.1 Å². The van der Waals surface area contributed by atoms with Crippen molar-refractivity contribution in [2.75, 3.05) is 0 Å². The molecule has 0 radical (unpaired) electrons. The van der Waals surface area contributed by atoms with Gasteiger partial charge in [-0.1, -0.05) is 30.3 Å². The van der Waals surface area contributed by atoms with E-state index in [1.165, 1.54) is 24.3 Å². The van der Waals surface area contributed by atoms with Crippen LogP contribution in [-0.2, 0) is 21.6 Å². The first kappa shape index (κ1) is 10.9. The normalized spacial score (nSPS) is 10.4. The van der Waals surface area contributed by atoms with Crippen molar-refractivity contribution in [3.8, 4) is 0 Å². The van der Waals surface area contributed by atoms with E-state index in [2.05, 4.69) is 0 Å². The molecule has 0 amide bonds. The van der Waals surface area contributed by atoms with Gasteiger partial charge in [-0.3, -0.25) is 0 Å². The Labute approximate surface area is 75.1 Å². The van der Waals surface area contributed by atoms with Gasteiger partial charge in [-0.15, -0.1) is 0 Å². The quantitative estimate of drug-likeness (QED) is 0.453. The Kier molecular flexibility index (Phi) is 4.01. The van der Waals surface area contributed by atoms with Crippen LogP contribution in [0.25, 0.3) is 0 Å². The largest absolute Gasteiger partial charge is 2.00 e. The number of benzene rings is 1. The molecule has 0 fully saturated rings. The summed E-state index contributed by atoms with van der Waals surface area (Å²) in [6.45, 7) is 0. The van der Waals surface area contributed by atoms with Crippen molar-refractivity contribution < 1.29 is 31.4 Å². The zero-order valence-corrected chi connectivity index (χ0v) is 7.41.